The Kier molecular flexibility index (Phi) is 17.0. The first-order chi connectivity index (χ1) is 7.54. The molecular formula is C13H29O2P. The smallest absolute Gasteiger partial charge is 0.300 e. The number of rotatable bonds is 8. The summed E-state index contributed by atoms with van der Waals surface area (Å²) in [4.78, 5) is 9.00. The number of unbranched alkanes of at least 4 members (excludes halogenated alkanes) is 4. The molecular weight excluding hydrogens is 219 g/mol. The van der Waals surface area contributed by atoms with Crippen LogP contribution in [0.3, 0.4) is 0 Å². The van der Waals surface area contributed by atoms with Crippen LogP contribution >= 0.6 is 9.24 Å². The molecule has 0 aliphatic heterocycles. The van der Waals surface area contributed by atoms with Crippen molar-refractivity contribution in [3.63, 3.8) is 0 Å². The highest BCUT2D eigenvalue weighted by molar-refractivity contribution is 7.16. The van der Waals surface area contributed by atoms with Gasteiger partial charge in [0, 0.05) is 6.92 Å². The second-order valence-electron chi connectivity index (χ2n) is 4.40. The second-order valence-corrected chi connectivity index (χ2v) is 4.98. The number of hydrogen-bond acceptors (Lipinski definition) is 1. The van der Waals surface area contributed by atoms with Crippen molar-refractivity contribution < 1.29 is 9.90 Å². The molecule has 98 valence electrons. The van der Waals surface area contributed by atoms with E-state index in [2.05, 4.69) is 23.1 Å². The topological polar surface area (TPSA) is 37.3 Å². The van der Waals surface area contributed by atoms with Gasteiger partial charge in [-0.1, -0.05) is 52.4 Å². The summed E-state index contributed by atoms with van der Waals surface area (Å²) in [5, 5.41) is 7.42. The molecule has 16 heavy (non-hydrogen) atoms. The minimum absolute atomic E-state index is 0.833. The molecule has 0 rings (SSSR count). The molecule has 2 atom stereocenters. The highest BCUT2D eigenvalue weighted by Gasteiger charge is 1.99. The first-order valence-electron chi connectivity index (χ1n) is 6.44. The molecule has 0 aromatic rings. The van der Waals surface area contributed by atoms with Crippen LogP contribution in [-0.4, -0.2) is 17.2 Å². The van der Waals surface area contributed by atoms with E-state index in [1.165, 1.54) is 51.1 Å². The molecule has 0 aliphatic rings. The average Bonchev–Trinajstić information content (AvgIpc) is 2.17. The fraction of sp³-hybridized carbons (Fsp3) is 0.923. The summed E-state index contributed by atoms with van der Waals surface area (Å²) in [5.41, 5.74) is 0. The summed E-state index contributed by atoms with van der Waals surface area (Å²) in [6.07, 6.45) is 11.2. The number of carbonyl (C=O) groups is 1. The van der Waals surface area contributed by atoms with E-state index in [4.69, 9.17) is 9.90 Å². The maximum atomic E-state index is 9.00. The van der Waals surface area contributed by atoms with Crippen molar-refractivity contribution in [2.75, 3.05) is 6.16 Å². The van der Waals surface area contributed by atoms with Gasteiger partial charge in [-0.3, -0.25) is 4.79 Å². The van der Waals surface area contributed by atoms with E-state index in [0.29, 0.717) is 0 Å². The van der Waals surface area contributed by atoms with E-state index >= 15 is 0 Å². The molecule has 0 fully saturated rings. The lowest BCUT2D eigenvalue weighted by Crippen LogP contribution is -1.94. The Bertz CT molecular complexity index is 145. The van der Waals surface area contributed by atoms with Gasteiger partial charge in [-0.15, -0.1) is 9.24 Å². The van der Waals surface area contributed by atoms with Gasteiger partial charge in [0.15, 0.2) is 0 Å². The predicted molar refractivity (Wildman–Crippen MR) is 75.0 cm³/mol. The zero-order valence-electron chi connectivity index (χ0n) is 11.2. The van der Waals surface area contributed by atoms with Crippen LogP contribution in [0.2, 0.25) is 0 Å². The summed E-state index contributed by atoms with van der Waals surface area (Å²) in [5.74, 6) is 0.115. The lowest BCUT2D eigenvalue weighted by molar-refractivity contribution is -0.134. The van der Waals surface area contributed by atoms with Crippen molar-refractivity contribution in [2.45, 2.75) is 65.7 Å². The van der Waals surface area contributed by atoms with Gasteiger partial charge in [-0.25, -0.2) is 0 Å². The van der Waals surface area contributed by atoms with Crippen LogP contribution in [0.15, 0.2) is 0 Å². The average molecular weight is 248 g/mol. The standard InChI is InChI=1S/C11H25P.C2H4O2/c1-3-4-5-6-7-8-11(2)9-10-12;1-2(3)4/h11H,3-10,12H2,1-2H3;1H3,(H,3,4). The molecule has 0 spiro atoms. The van der Waals surface area contributed by atoms with Crippen molar-refractivity contribution in [1.82, 2.24) is 0 Å². The Labute approximate surface area is 103 Å². The second kappa shape index (κ2) is 14.9. The summed E-state index contributed by atoms with van der Waals surface area (Å²) in [6, 6.07) is 0. The molecule has 2 unspecified atom stereocenters. The zero-order valence-corrected chi connectivity index (χ0v) is 12.3. The molecule has 1 N–H and O–H groups in total. The summed E-state index contributed by atoms with van der Waals surface area (Å²) < 4.78 is 0. The number of aliphatic carboxylic acids is 1. The Balaban J connectivity index is 0. The van der Waals surface area contributed by atoms with Gasteiger partial charge in [0.1, 0.15) is 0 Å². The largest absolute Gasteiger partial charge is 0.481 e. The van der Waals surface area contributed by atoms with Crippen LogP contribution in [0.4, 0.5) is 0 Å². The number of carboxylic acid groups (broad SMARTS) is 1. The molecule has 0 bridgehead atoms. The quantitative estimate of drug-likeness (QED) is 0.512. The van der Waals surface area contributed by atoms with E-state index in [0.717, 1.165) is 12.8 Å². The Morgan fingerprint density at radius 3 is 2.12 bits per heavy atom. The Morgan fingerprint density at radius 2 is 1.69 bits per heavy atom. The summed E-state index contributed by atoms with van der Waals surface area (Å²) in [6.45, 7) is 5.74. The van der Waals surface area contributed by atoms with Crippen LogP contribution in [0.5, 0.6) is 0 Å². The maximum Gasteiger partial charge on any atom is 0.300 e. The maximum absolute atomic E-state index is 9.00. The van der Waals surface area contributed by atoms with Crippen molar-refractivity contribution in [1.29, 1.82) is 0 Å². The number of hydrogen-bond donors (Lipinski definition) is 1. The lowest BCUT2D eigenvalue weighted by atomic mass is 10.00. The van der Waals surface area contributed by atoms with Crippen LogP contribution in [0.25, 0.3) is 0 Å². The first kappa shape index (κ1) is 18.3. The molecule has 3 heteroatoms. The van der Waals surface area contributed by atoms with Crippen LogP contribution in [0, 0.1) is 5.92 Å². The van der Waals surface area contributed by atoms with Crippen LogP contribution < -0.4 is 0 Å². The number of carboxylic acids is 1. The van der Waals surface area contributed by atoms with E-state index < -0.39 is 5.97 Å². The normalized spacial score (nSPS) is 11.5. The van der Waals surface area contributed by atoms with Gasteiger partial charge < -0.3 is 5.11 Å². The minimum Gasteiger partial charge on any atom is -0.481 e. The van der Waals surface area contributed by atoms with E-state index in [9.17, 15) is 0 Å². The molecule has 0 aromatic carbocycles. The van der Waals surface area contributed by atoms with Crippen LogP contribution in [-0.2, 0) is 4.79 Å². The molecule has 0 saturated carbocycles. The summed E-state index contributed by atoms with van der Waals surface area (Å²) in [7, 11) is 2.82. The fourth-order valence-corrected chi connectivity index (χ4v) is 2.09. The third-order valence-corrected chi connectivity index (χ3v) is 2.79. The molecule has 0 aliphatic carbocycles. The SMILES string of the molecule is CC(=O)O.CCCCCCCC(C)CCP. The third kappa shape index (κ3) is 23.6. The summed E-state index contributed by atoms with van der Waals surface area (Å²) >= 11 is 0. The lowest BCUT2D eigenvalue weighted by Gasteiger charge is -2.08. The van der Waals surface area contributed by atoms with Gasteiger partial charge in [0.25, 0.3) is 5.97 Å². The van der Waals surface area contributed by atoms with Crippen LogP contribution in [0.1, 0.15) is 65.7 Å². The highest BCUT2D eigenvalue weighted by Crippen LogP contribution is 2.14. The van der Waals surface area contributed by atoms with Crippen molar-refractivity contribution in [3.05, 3.63) is 0 Å². The van der Waals surface area contributed by atoms with Crippen molar-refractivity contribution in [2.24, 2.45) is 5.92 Å². The van der Waals surface area contributed by atoms with Crippen molar-refractivity contribution in [3.8, 4) is 0 Å². The van der Waals surface area contributed by atoms with E-state index in [1.807, 2.05) is 0 Å². The predicted octanol–water partition coefficient (Wildman–Crippen LogP) is 4.34. The van der Waals surface area contributed by atoms with Gasteiger partial charge in [-0.05, 0) is 18.5 Å². The van der Waals surface area contributed by atoms with E-state index in [1.54, 1.807) is 0 Å². The molecule has 0 radical (unpaired) electrons. The molecule has 0 heterocycles. The minimum atomic E-state index is -0.833. The monoisotopic (exact) mass is 248 g/mol. The third-order valence-electron chi connectivity index (χ3n) is 2.46. The highest BCUT2D eigenvalue weighted by atomic mass is 31.0. The van der Waals surface area contributed by atoms with Gasteiger partial charge in [0.05, 0.1) is 0 Å². The molecule has 0 saturated heterocycles. The van der Waals surface area contributed by atoms with Gasteiger partial charge in [-0.2, -0.15) is 0 Å². The van der Waals surface area contributed by atoms with Gasteiger partial charge in [0.2, 0.25) is 0 Å². The molecule has 0 amide bonds. The zero-order chi connectivity index (χ0) is 12.8. The molecule has 0 aromatic heterocycles. The first-order valence-corrected chi connectivity index (χ1v) is 7.25. The van der Waals surface area contributed by atoms with Gasteiger partial charge >= 0.3 is 0 Å². The van der Waals surface area contributed by atoms with E-state index in [-0.39, 0.29) is 0 Å². The Morgan fingerprint density at radius 1 is 1.19 bits per heavy atom. The molecule has 2 nitrogen and oxygen atoms in total. The van der Waals surface area contributed by atoms with Crippen molar-refractivity contribution >= 4 is 15.2 Å². The Hall–Kier alpha value is -0.100. The fourth-order valence-electron chi connectivity index (χ4n) is 1.53.